The molecule has 1 heterocycles. The van der Waals surface area contributed by atoms with E-state index in [1.807, 2.05) is 48.5 Å². The Bertz CT molecular complexity index is 1220. The van der Waals surface area contributed by atoms with Gasteiger partial charge in [0.05, 0.1) is 0 Å². The van der Waals surface area contributed by atoms with Crippen LogP contribution in [0.5, 0.6) is 17.2 Å². The highest BCUT2D eigenvalue weighted by Gasteiger charge is 2.18. The number of ketones is 1. The number of nitrogens with zero attached hydrogens (tertiary/aromatic N) is 1. The minimum atomic E-state index is -1.10. The molecule has 0 bridgehead atoms. The van der Waals surface area contributed by atoms with E-state index in [2.05, 4.69) is 11.9 Å². The van der Waals surface area contributed by atoms with Crippen LogP contribution < -0.4 is 9.47 Å². The first-order valence-corrected chi connectivity index (χ1v) is 11.9. The van der Waals surface area contributed by atoms with Crippen LogP contribution in [0.15, 0.2) is 66.7 Å². The third-order valence-corrected chi connectivity index (χ3v) is 6.22. The highest BCUT2D eigenvalue weighted by atomic mass is 19.1. The number of hydrogen-bond donors (Lipinski definition) is 1. The van der Waals surface area contributed by atoms with Crippen LogP contribution in [0.4, 0.5) is 8.78 Å². The molecule has 4 rings (SSSR count). The number of piperidine rings is 1. The summed E-state index contributed by atoms with van der Waals surface area (Å²) >= 11 is 0. The van der Waals surface area contributed by atoms with E-state index < -0.39 is 17.4 Å². The van der Waals surface area contributed by atoms with Crippen LogP contribution in [-0.4, -0.2) is 42.0 Å². The Morgan fingerprint density at radius 1 is 1.00 bits per heavy atom. The van der Waals surface area contributed by atoms with Gasteiger partial charge >= 0.3 is 0 Å². The monoisotopic (exact) mass is 493 g/mol. The Kier molecular flexibility index (Phi) is 8.33. The fourth-order valence-corrected chi connectivity index (χ4v) is 4.06. The number of phenolic OH excluding ortho intramolecular Hbond substituents is 1. The molecule has 0 unspecified atom stereocenters. The number of halogens is 2. The van der Waals surface area contributed by atoms with Crippen molar-refractivity contribution in [2.75, 3.05) is 20.1 Å². The van der Waals surface area contributed by atoms with Gasteiger partial charge in [-0.3, -0.25) is 4.79 Å². The number of carbonyl (C=O) groups excluding carboxylic acids is 1. The summed E-state index contributed by atoms with van der Waals surface area (Å²) in [6, 6.07) is 17.1. The topological polar surface area (TPSA) is 59.0 Å². The van der Waals surface area contributed by atoms with Crippen molar-refractivity contribution >= 4 is 11.9 Å². The second-order valence-electron chi connectivity index (χ2n) is 8.92. The molecule has 0 aromatic heterocycles. The molecule has 0 saturated carbocycles. The van der Waals surface area contributed by atoms with Crippen LogP contribution in [0, 0.1) is 11.6 Å². The van der Waals surface area contributed by atoms with Gasteiger partial charge < -0.3 is 19.5 Å². The van der Waals surface area contributed by atoms with E-state index in [9.17, 15) is 18.7 Å². The van der Waals surface area contributed by atoms with Crippen molar-refractivity contribution < 1.29 is 28.2 Å². The van der Waals surface area contributed by atoms with E-state index in [0.29, 0.717) is 5.75 Å². The van der Waals surface area contributed by atoms with Crippen LogP contribution in [0.3, 0.4) is 0 Å². The van der Waals surface area contributed by atoms with Crippen molar-refractivity contribution in [1.82, 2.24) is 4.90 Å². The summed E-state index contributed by atoms with van der Waals surface area (Å²) < 4.78 is 39.2. The maximum atomic E-state index is 13.9. The first kappa shape index (κ1) is 25.4. The zero-order valence-electron chi connectivity index (χ0n) is 20.1. The van der Waals surface area contributed by atoms with E-state index in [0.717, 1.165) is 48.9 Å². The van der Waals surface area contributed by atoms with Crippen molar-refractivity contribution in [1.29, 1.82) is 0 Å². The summed E-state index contributed by atoms with van der Waals surface area (Å²) in [4.78, 5) is 14.8. The lowest BCUT2D eigenvalue weighted by atomic mass is 10.0. The van der Waals surface area contributed by atoms with E-state index in [-0.39, 0.29) is 30.5 Å². The van der Waals surface area contributed by atoms with Gasteiger partial charge in [-0.05, 0) is 79.6 Å². The van der Waals surface area contributed by atoms with E-state index in [1.54, 1.807) is 0 Å². The van der Waals surface area contributed by atoms with Crippen LogP contribution in [0.1, 0.15) is 29.5 Å². The number of benzene rings is 3. The maximum Gasteiger partial charge on any atom is 0.188 e. The molecule has 0 aliphatic carbocycles. The lowest BCUT2D eigenvalue weighted by molar-refractivity contribution is -0.113. The average molecular weight is 494 g/mol. The SMILES string of the molecule is CN1CCC(Oc2ccc(OCc3ccccc3CC(=O)/C=C/c3ccc(F)c(O)c3F)cc2)CC1. The highest BCUT2D eigenvalue weighted by molar-refractivity contribution is 5.95. The van der Waals surface area contributed by atoms with Gasteiger partial charge in [-0.25, -0.2) is 8.78 Å². The first-order chi connectivity index (χ1) is 17.4. The first-order valence-electron chi connectivity index (χ1n) is 11.9. The largest absolute Gasteiger partial charge is 0.503 e. The number of allylic oxidation sites excluding steroid dienone is 1. The molecule has 0 radical (unpaired) electrons. The Morgan fingerprint density at radius 3 is 2.39 bits per heavy atom. The van der Waals surface area contributed by atoms with Gasteiger partial charge in [0.15, 0.2) is 23.2 Å². The third-order valence-electron chi connectivity index (χ3n) is 6.22. The molecule has 1 saturated heterocycles. The Hall–Kier alpha value is -3.71. The third kappa shape index (κ3) is 6.70. The molecule has 1 aliphatic rings. The molecule has 1 fully saturated rings. The Balaban J connectivity index is 1.33. The Morgan fingerprint density at radius 2 is 1.67 bits per heavy atom. The van der Waals surface area contributed by atoms with Crippen molar-refractivity contribution in [2.24, 2.45) is 0 Å². The summed E-state index contributed by atoms with van der Waals surface area (Å²) in [5, 5.41) is 9.38. The van der Waals surface area contributed by atoms with Crippen LogP contribution in [0.2, 0.25) is 0 Å². The number of likely N-dealkylation sites (tertiary alicyclic amines) is 1. The Labute approximate surface area is 209 Å². The molecule has 1 N–H and O–H groups in total. The number of ether oxygens (including phenoxy) is 2. The fourth-order valence-electron chi connectivity index (χ4n) is 4.06. The zero-order chi connectivity index (χ0) is 25.5. The zero-order valence-corrected chi connectivity index (χ0v) is 20.1. The number of rotatable bonds is 9. The van der Waals surface area contributed by atoms with Crippen molar-refractivity contribution in [2.45, 2.75) is 32.0 Å². The number of carbonyl (C=O) groups is 1. The summed E-state index contributed by atoms with van der Waals surface area (Å²) in [6.45, 7) is 2.36. The standard InChI is InChI=1S/C29H29F2NO4/c1-32-16-14-26(15-17-32)36-25-11-9-24(10-12-25)35-19-22-5-3-2-4-21(22)18-23(33)8-6-20-7-13-27(30)29(34)28(20)31/h2-13,26,34H,14-19H2,1H3/b8-6+. The molecule has 1 aliphatic heterocycles. The fraction of sp³-hybridized carbons (Fsp3) is 0.276. The summed E-state index contributed by atoms with van der Waals surface area (Å²) in [5.41, 5.74) is 1.58. The predicted molar refractivity (Wildman–Crippen MR) is 134 cm³/mol. The summed E-state index contributed by atoms with van der Waals surface area (Å²) in [6.07, 6.45) is 4.80. The van der Waals surface area contributed by atoms with Crippen molar-refractivity contribution in [3.8, 4) is 17.2 Å². The highest BCUT2D eigenvalue weighted by Crippen LogP contribution is 2.25. The second kappa shape index (κ2) is 11.8. The van der Waals surface area contributed by atoms with Gasteiger partial charge in [0.1, 0.15) is 24.2 Å². The normalized spacial score (nSPS) is 14.8. The number of hydrogen-bond acceptors (Lipinski definition) is 5. The maximum absolute atomic E-state index is 13.9. The molecule has 5 nitrogen and oxygen atoms in total. The van der Waals surface area contributed by atoms with E-state index in [1.165, 1.54) is 18.2 Å². The lowest BCUT2D eigenvalue weighted by Gasteiger charge is -2.29. The number of phenols is 1. The van der Waals surface area contributed by atoms with E-state index in [4.69, 9.17) is 9.47 Å². The van der Waals surface area contributed by atoms with Crippen LogP contribution in [0.25, 0.3) is 6.08 Å². The van der Waals surface area contributed by atoms with Crippen molar-refractivity contribution in [3.05, 3.63) is 95.1 Å². The quantitative estimate of drug-likeness (QED) is 0.396. The molecular weight excluding hydrogens is 464 g/mol. The van der Waals surface area contributed by atoms with Crippen LogP contribution in [-0.2, 0) is 17.8 Å². The summed E-state index contributed by atoms with van der Waals surface area (Å²) in [5.74, 6) is -1.96. The minimum absolute atomic E-state index is 0.0675. The van der Waals surface area contributed by atoms with Gasteiger partial charge in [0.2, 0.25) is 0 Å². The average Bonchev–Trinajstić information content (AvgIpc) is 2.88. The van der Waals surface area contributed by atoms with Crippen molar-refractivity contribution in [3.63, 3.8) is 0 Å². The molecule has 3 aromatic rings. The van der Waals surface area contributed by atoms with Gasteiger partial charge in [-0.15, -0.1) is 0 Å². The van der Waals surface area contributed by atoms with Gasteiger partial charge in [-0.2, -0.15) is 0 Å². The predicted octanol–water partition coefficient (Wildman–Crippen LogP) is 5.55. The molecule has 0 atom stereocenters. The molecule has 188 valence electrons. The summed E-state index contributed by atoms with van der Waals surface area (Å²) in [7, 11) is 2.12. The number of aromatic hydroxyl groups is 1. The second-order valence-corrected chi connectivity index (χ2v) is 8.92. The molecule has 0 amide bonds. The van der Waals surface area contributed by atoms with Crippen LogP contribution >= 0.6 is 0 Å². The molecule has 7 heteroatoms. The smallest absolute Gasteiger partial charge is 0.188 e. The molecule has 3 aromatic carbocycles. The van der Waals surface area contributed by atoms with E-state index >= 15 is 0 Å². The molecule has 36 heavy (non-hydrogen) atoms. The molecule has 0 spiro atoms. The molecular formula is C29H29F2NO4. The van der Waals surface area contributed by atoms with Gasteiger partial charge in [0, 0.05) is 25.1 Å². The van der Waals surface area contributed by atoms with Gasteiger partial charge in [-0.1, -0.05) is 24.3 Å². The van der Waals surface area contributed by atoms with Gasteiger partial charge in [0.25, 0.3) is 0 Å². The lowest BCUT2D eigenvalue weighted by Crippen LogP contribution is -2.35. The minimum Gasteiger partial charge on any atom is -0.503 e.